The molecule has 12 heteroatoms. The van der Waals surface area contributed by atoms with E-state index >= 15 is 0 Å². The molecule has 1 aliphatic rings. The molecule has 0 spiro atoms. The predicted octanol–water partition coefficient (Wildman–Crippen LogP) is 4.98. The second-order valence-electron chi connectivity index (χ2n) is 10.3. The molecule has 40 heavy (non-hydrogen) atoms. The summed E-state index contributed by atoms with van der Waals surface area (Å²) in [6.45, 7) is 4.46. The number of imidazole rings is 1. The lowest BCUT2D eigenvalue weighted by Crippen LogP contribution is -2.43. The minimum atomic E-state index is -4.44. The van der Waals surface area contributed by atoms with Gasteiger partial charge in [0.05, 0.1) is 23.9 Å². The van der Waals surface area contributed by atoms with Crippen molar-refractivity contribution in [3.05, 3.63) is 68.6 Å². The maximum Gasteiger partial charge on any atom is 0.416 e. The lowest BCUT2D eigenvalue weighted by molar-refractivity contribution is -0.137. The number of hydrogen-bond acceptors (Lipinski definition) is 5. The van der Waals surface area contributed by atoms with E-state index in [1.807, 2.05) is 18.4 Å². The number of hydrogen-bond donors (Lipinski definition) is 0. The van der Waals surface area contributed by atoms with Crippen molar-refractivity contribution < 1.29 is 17.9 Å². The Hall–Kier alpha value is -3.67. The molecule has 1 fully saturated rings. The van der Waals surface area contributed by atoms with Gasteiger partial charge in [0, 0.05) is 26.4 Å². The molecule has 9 nitrogen and oxygen atoms in total. The van der Waals surface area contributed by atoms with E-state index in [1.54, 1.807) is 25.6 Å². The van der Waals surface area contributed by atoms with Crippen molar-refractivity contribution in [2.75, 3.05) is 7.11 Å². The van der Waals surface area contributed by atoms with E-state index in [0.717, 1.165) is 31.4 Å². The van der Waals surface area contributed by atoms with Crippen molar-refractivity contribution in [1.82, 2.24) is 28.5 Å². The van der Waals surface area contributed by atoms with Crippen LogP contribution >= 0.6 is 0 Å². The van der Waals surface area contributed by atoms with Crippen molar-refractivity contribution in [3.63, 3.8) is 0 Å². The maximum absolute atomic E-state index is 13.9. The van der Waals surface area contributed by atoms with E-state index in [2.05, 4.69) is 5.10 Å². The van der Waals surface area contributed by atoms with Gasteiger partial charge in [0.15, 0.2) is 11.2 Å². The second-order valence-corrected chi connectivity index (χ2v) is 10.3. The molecule has 1 aliphatic carbocycles. The number of halogens is 3. The van der Waals surface area contributed by atoms with Gasteiger partial charge in [-0.15, -0.1) is 0 Å². The van der Waals surface area contributed by atoms with E-state index in [0.29, 0.717) is 48.3 Å². The molecule has 4 aromatic rings. The smallest absolute Gasteiger partial charge is 0.358 e. The van der Waals surface area contributed by atoms with Crippen LogP contribution in [0.1, 0.15) is 63.5 Å². The van der Waals surface area contributed by atoms with Gasteiger partial charge in [-0.2, -0.15) is 18.3 Å². The van der Waals surface area contributed by atoms with E-state index in [4.69, 9.17) is 9.72 Å². The Labute approximate surface area is 228 Å². The minimum absolute atomic E-state index is 0.114. The van der Waals surface area contributed by atoms with Crippen molar-refractivity contribution in [2.24, 2.45) is 0 Å². The third-order valence-electron chi connectivity index (χ3n) is 7.70. The molecule has 3 heterocycles. The highest BCUT2D eigenvalue weighted by molar-refractivity contribution is 5.77. The third kappa shape index (κ3) is 4.78. The molecule has 0 amide bonds. The van der Waals surface area contributed by atoms with E-state index in [-0.39, 0.29) is 18.7 Å². The van der Waals surface area contributed by atoms with Crippen molar-refractivity contribution in [1.29, 1.82) is 0 Å². The number of ether oxygens (including phenoxy) is 1. The van der Waals surface area contributed by atoms with Gasteiger partial charge in [0.2, 0.25) is 0 Å². The monoisotopic (exact) mass is 558 g/mol. The topological polar surface area (TPSA) is 88.9 Å². The Balaban J connectivity index is 1.70. The molecular weight excluding hydrogens is 525 g/mol. The van der Waals surface area contributed by atoms with Gasteiger partial charge in [-0.3, -0.25) is 23.2 Å². The molecule has 0 radical (unpaired) electrons. The first-order valence-electron chi connectivity index (χ1n) is 13.6. The van der Waals surface area contributed by atoms with Crippen LogP contribution in [-0.4, -0.2) is 35.6 Å². The Morgan fingerprint density at radius 3 is 2.48 bits per heavy atom. The average molecular weight is 559 g/mol. The summed E-state index contributed by atoms with van der Waals surface area (Å²) >= 11 is 0. The number of methoxy groups -OCH3 is 1. The summed E-state index contributed by atoms with van der Waals surface area (Å²) in [5.74, 6) is 0.432. The number of alkyl halides is 3. The van der Waals surface area contributed by atoms with Crippen molar-refractivity contribution in [2.45, 2.75) is 83.9 Å². The number of aromatic nitrogens is 6. The van der Waals surface area contributed by atoms with Gasteiger partial charge in [-0.25, -0.2) is 9.78 Å². The standard InChI is InChI=1S/C28H33F3N6O3/c1-4-14-36-25(38)22-24(35(5-2)26(36)39)33-23(37(22)27(40-3)12-7-6-8-13-27)20-16-32-34(18-20)17-19-10-9-11-21(15-19)28(29,30)31/h9-11,15-16,18H,4-8,12-14,17H2,1-3H3. The number of aryl methyl sites for hydroxylation is 1. The van der Waals surface area contributed by atoms with Gasteiger partial charge < -0.3 is 4.74 Å². The molecule has 0 atom stereocenters. The Morgan fingerprint density at radius 1 is 1.07 bits per heavy atom. The van der Waals surface area contributed by atoms with Crippen LogP contribution in [0.15, 0.2) is 46.2 Å². The van der Waals surface area contributed by atoms with Crippen molar-refractivity contribution >= 4 is 11.2 Å². The quantitative estimate of drug-likeness (QED) is 0.304. The highest BCUT2D eigenvalue weighted by atomic mass is 19.4. The normalized spacial score (nSPS) is 15.7. The van der Waals surface area contributed by atoms with Gasteiger partial charge in [0.25, 0.3) is 5.56 Å². The predicted molar refractivity (Wildman–Crippen MR) is 144 cm³/mol. The zero-order valence-electron chi connectivity index (χ0n) is 22.9. The summed E-state index contributed by atoms with van der Waals surface area (Å²) in [4.78, 5) is 32.0. The van der Waals surface area contributed by atoms with Gasteiger partial charge in [0.1, 0.15) is 11.5 Å². The Kier molecular flexibility index (Phi) is 7.47. The molecule has 0 unspecified atom stereocenters. The fourth-order valence-electron chi connectivity index (χ4n) is 5.76. The van der Waals surface area contributed by atoms with Gasteiger partial charge in [-0.05, 0) is 56.7 Å². The molecule has 0 saturated heterocycles. The first-order valence-corrected chi connectivity index (χ1v) is 13.6. The number of fused-ring (bicyclic) bond motifs is 1. The van der Waals surface area contributed by atoms with Crippen LogP contribution in [-0.2, 0) is 36.3 Å². The SMILES string of the molecule is CCCn1c(=O)c2c(nc(-c3cnn(Cc4cccc(C(F)(F)F)c4)c3)n2C2(OC)CCCCC2)n(CC)c1=O. The number of nitrogens with zero attached hydrogens (tertiary/aromatic N) is 6. The summed E-state index contributed by atoms with van der Waals surface area (Å²) in [5.41, 5.74) is -0.782. The molecule has 0 aliphatic heterocycles. The summed E-state index contributed by atoms with van der Waals surface area (Å²) in [5, 5.41) is 4.40. The molecule has 1 saturated carbocycles. The van der Waals surface area contributed by atoms with E-state index < -0.39 is 28.7 Å². The van der Waals surface area contributed by atoms with Crippen LogP contribution < -0.4 is 11.2 Å². The largest absolute Gasteiger partial charge is 0.416 e. The summed E-state index contributed by atoms with van der Waals surface area (Å²) in [6.07, 6.45) is 3.63. The highest BCUT2D eigenvalue weighted by Gasteiger charge is 2.39. The fourth-order valence-corrected chi connectivity index (χ4v) is 5.76. The number of benzene rings is 1. The molecule has 0 bridgehead atoms. The van der Waals surface area contributed by atoms with Crippen LogP contribution in [0, 0.1) is 0 Å². The van der Waals surface area contributed by atoms with Crippen LogP contribution in [0.5, 0.6) is 0 Å². The molecule has 5 rings (SSSR count). The summed E-state index contributed by atoms with van der Waals surface area (Å²) in [6, 6.07) is 5.13. The first-order chi connectivity index (χ1) is 19.1. The Morgan fingerprint density at radius 2 is 1.82 bits per heavy atom. The van der Waals surface area contributed by atoms with Crippen LogP contribution in [0.4, 0.5) is 13.2 Å². The van der Waals surface area contributed by atoms with Crippen molar-refractivity contribution in [3.8, 4) is 11.4 Å². The molecule has 3 aromatic heterocycles. The summed E-state index contributed by atoms with van der Waals surface area (Å²) < 4.78 is 52.0. The molecule has 0 N–H and O–H groups in total. The minimum Gasteiger partial charge on any atom is -0.358 e. The van der Waals surface area contributed by atoms with Crippen LogP contribution in [0.2, 0.25) is 0 Å². The van der Waals surface area contributed by atoms with Crippen LogP contribution in [0.3, 0.4) is 0 Å². The van der Waals surface area contributed by atoms with Gasteiger partial charge >= 0.3 is 11.9 Å². The third-order valence-corrected chi connectivity index (χ3v) is 7.70. The average Bonchev–Trinajstić information content (AvgIpc) is 3.57. The second kappa shape index (κ2) is 10.7. The zero-order valence-corrected chi connectivity index (χ0v) is 22.9. The lowest BCUT2D eigenvalue weighted by Gasteiger charge is -2.38. The maximum atomic E-state index is 13.9. The van der Waals surface area contributed by atoms with Gasteiger partial charge in [-0.1, -0.05) is 25.5 Å². The molecule has 214 valence electrons. The molecular formula is C28H33F3N6O3. The highest BCUT2D eigenvalue weighted by Crippen LogP contribution is 2.40. The fraction of sp³-hybridized carbons (Fsp3) is 0.500. The van der Waals surface area contributed by atoms with E-state index in [9.17, 15) is 22.8 Å². The lowest BCUT2D eigenvalue weighted by atomic mass is 9.91. The van der Waals surface area contributed by atoms with E-state index in [1.165, 1.54) is 19.9 Å². The molecule has 1 aromatic carbocycles. The Bertz CT molecular complexity index is 1640. The first kappa shape index (κ1) is 27.9. The number of rotatable bonds is 8. The van der Waals surface area contributed by atoms with Crippen LogP contribution in [0.25, 0.3) is 22.6 Å². The zero-order chi connectivity index (χ0) is 28.7. The summed E-state index contributed by atoms with van der Waals surface area (Å²) in [7, 11) is 1.62.